The molecule has 19 heavy (non-hydrogen) atoms. The van der Waals surface area contributed by atoms with E-state index in [0.29, 0.717) is 11.5 Å². The zero-order valence-electron chi connectivity index (χ0n) is 10.1. The summed E-state index contributed by atoms with van der Waals surface area (Å²) in [5, 5.41) is 19.4. The molecule has 0 saturated heterocycles. The fraction of sp³-hybridized carbons (Fsp3) is 0.364. The molecule has 0 saturated carbocycles. The number of rotatable bonds is 7. The van der Waals surface area contributed by atoms with Gasteiger partial charge in [-0.25, -0.2) is 4.79 Å². The first kappa shape index (κ1) is 15.1. The third kappa shape index (κ3) is 4.66. The molecular weight excluding hydrogens is 274 g/mol. The SMILES string of the molecule is CSCc1ccc(C(=O)N[C@@H](CC(=O)O)C(=O)O)o1. The van der Waals surface area contributed by atoms with Crippen LogP contribution in [0, 0.1) is 0 Å². The van der Waals surface area contributed by atoms with Crippen molar-refractivity contribution in [3.8, 4) is 0 Å². The highest BCUT2D eigenvalue weighted by molar-refractivity contribution is 7.97. The van der Waals surface area contributed by atoms with Gasteiger partial charge in [0.15, 0.2) is 5.76 Å². The largest absolute Gasteiger partial charge is 0.481 e. The molecule has 0 aromatic carbocycles. The van der Waals surface area contributed by atoms with E-state index in [0.717, 1.165) is 0 Å². The van der Waals surface area contributed by atoms with Crippen molar-refractivity contribution in [3.63, 3.8) is 0 Å². The van der Waals surface area contributed by atoms with Crippen LogP contribution >= 0.6 is 11.8 Å². The molecule has 1 amide bonds. The number of hydrogen-bond donors (Lipinski definition) is 3. The Labute approximate surface area is 113 Å². The van der Waals surface area contributed by atoms with Crippen LogP contribution in [0.3, 0.4) is 0 Å². The van der Waals surface area contributed by atoms with E-state index in [1.54, 1.807) is 6.07 Å². The predicted molar refractivity (Wildman–Crippen MR) is 67.1 cm³/mol. The number of hydrogen-bond acceptors (Lipinski definition) is 5. The van der Waals surface area contributed by atoms with Crippen LogP contribution in [0.5, 0.6) is 0 Å². The molecule has 1 aromatic rings. The minimum absolute atomic E-state index is 0.0410. The van der Waals surface area contributed by atoms with Crippen molar-refractivity contribution in [2.24, 2.45) is 0 Å². The molecule has 1 aromatic heterocycles. The number of thioether (sulfide) groups is 1. The third-order valence-electron chi connectivity index (χ3n) is 2.15. The number of nitrogens with one attached hydrogen (secondary N) is 1. The Balaban J connectivity index is 2.70. The summed E-state index contributed by atoms with van der Waals surface area (Å²) in [7, 11) is 0. The Morgan fingerprint density at radius 3 is 2.58 bits per heavy atom. The summed E-state index contributed by atoms with van der Waals surface area (Å²) in [5.41, 5.74) is 0. The van der Waals surface area contributed by atoms with Gasteiger partial charge in [-0.3, -0.25) is 9.59 Å². The summed E-state index contributed by atoms with van der Waals surface area (Å²) in [6, 6.07) is 1.54. The summed E-state index contributed by atoms with van der Waals surface area (Å²) in [5.74, 6) is -2.34. The fourth-order valence-corrected chi connectivity index (χ4v) is 1.76. The first-order valence-electron chi connectivity index (χ1n) is 5.27. The lowest BCUT2D eigenvalue weighted by molar-refractivity contribution is -0.145. The molecule has 0 bridgehead atoms. The molecule has 0 unspecified atom stereocenters. The van der Waals surface area contributed by atoms with Crippen molar-refractivity contribution in [3.05, 3.63) is 23.7 Å². The Hall–Kier alpha value is -1.96. The highest BCUT2D eigenvalue weighted by Gasteiger charge is 2.24. The standard InChI is InChI=1S/C11H13NO6S/c1-19-5-6-2-3-8(18-6)10(15)12-7(11(16)17)4-9(13)14/h2-3,7H,4-5H2,1H3,(H,12,15)(H,13,14)(H,16,17)/t7-/m0/s1. The van der Waals surface area contributed by atoms with Crippen LogP contribution in [0.1, 0.15) is 22.7 Å². The van der Waals surface area contributed by atoms with Gasteiger partial charge in [-0.05, 0) is 18.4 Å². The smallest absolute Gasteiger partial charge is 0.326 e. The number of amides is 1. The monoisotopic (exact) mass is 287 g/mol. The van der Waals surface area contributed by atoms with E-state index in [4.69, 9.17) is 14.6 Å². The van der Waals surface area contributed by atoms with Gasteiger partial charge < -0.3 is 19.9 Å². The topological polar surface area (TPSA) is 117 Å². The second-order valence-electron chi connectivity index (χ2n) is 3.66. The van der Waals surface area contributed by atoms with E-state index >= 15 is 0 Å². The number of carboxylic acids is 2. The van der Waals surface area contributed by atoms with Gasteiger partial charge >= 0.3 is 11.9 Å². The fourth-order valence-electron chi connectivity index (χ4n) is 1.32. The highest BCUT2D eigenvalue weighted by Crippen LogP contribution is 2.13. The number of carbonyl (C=O) groups excluding carboxylic acids is 1. The third-order valence-corrected chi connectivity index (χ3v) is 2.73. The van der Waals surface area contributed by atoms with Crippen LogP contribution < -0.4 is 5.32 Å². The molecule has 0 fully saturated rings. The Kier molecular flexibility index (Phi) is 5.43. The summed E-state index contributed by atoms with van der Waals surface area (Å²) in [4.78, 5) is 33.0. The highest BCUT2D eigenvalue weighted by atomic mass is 32.2. The zero-order chi connectivity index (χ0) is 14.4. The Morgan fingerprint density at radius 1 is 1.37 bits per heavy atom. The lowest BCUT2D eigenvalue weighted by atomic mass is 10.2. The molecular formula is C11H13NO6S. The van der Waals surface area contributed by atoms with Crippen LogP contribution in [0.4, 0.5) is 0 Å². The van der Waals surface area contributed by atoms with Crippen molar-refractivity contribution in [2.75, 3.05) is 6.26 Å². The number of carbonyl (C=O) groups is 3. The van der Waals surface area contributed by atoms with Crippen LogP contribution in [0.2, 0.25) is 0 Å². The Morgan fingerprint density at radius 2 is 2.05 bits per heavy atom. The maximum Gasteiger partial charge on any atom is 0.326 e. The molecule has 0 aliphatic rings. The van der Waals surface area contributed by atoms with E-state index < -0.39 is 30.3 Å². The van der Waals surface area contributed by atoms with Crippen molar-refractivity contribution >= 4 is 29.6 Å². The van der Waals surface area contributed by atoms with E-state index in [2.05, 4.69) is 5.32 Å². The van der Waals surface area contributed by atoms with Crippen molar-refractivity contribution in [2.45, 2.75) is 18.2 Å². The molecule has 0 radical (unpaired) electrons. The number of aliphatic carboxylic acids is 2. The minimum Gasteiger partial charge on any atom is -0.481 e. The van der Waals surface area contributed by atoms with Gasteiger partial charge in [0.05, 0.1) is 12.2 Å². The second kappa shape index (κ2) is 6.83. The maximum absolute atomic E-state index is 11.7. The first-order valence-corrected chi connectivity index (χ1v) is 6.66. The van der Waals surface area contributed by atoms with Gasteiger partial charge in [0.2, 0.25) is 0 Å². The minimum atomic E-state index is -1.49. The second-order valence-corrected chi connectivity index (χ2v) is 4.53. The molecule has 3 N–H and O–H groups in total. The average molecular weight is 287 g/mol. The van der Waals surface area contributed by atoms with Crippen molar-refractivity contribution in [1.29, 1.82) is 0 Å². The number of furan rings is 1. The first-order chi connectivity index (χ1) is 8.93. The molecule has 1 heterocycles. The van der Waals surface area contributed by atoms with Gasteiger partial charge in [0.1, 0.15) is 11.8 Å². The quantitative estimate of drug-likeness (QED) is 0.679. The van der Waals surface area contributed by atoms with E-state index in [9.17, 15) is 14.4 Å². The van der Waals surface area contributed by atoms with E-state index in [1.807, 2.05) is 6.26 Å². The normalized spacial score (nSPS) is 11.8. The maximum atomic E-state index is 11.7. The van der Waals surface area contributed by atoms with Crippen LogP contribution in [0.25, 0.3) is 0 Å². The van der Waals surface area contributed by atoms with Crippen molar-refractivity contribution < 1.29 is 29.0 Å². The summed E-state index contributed by atoms with van der Waals surface area (Å²) in [6.45, 7) is 0. The molecule has 8 heteroatoms. The van der Waals surface area contributed by atoms with Gasteiger partial charge in [0, 0.05) is 0 Å². The summed E-state index contributed by atoms with van der Waals surface area (Å²) in [6.07, 6.45) is 1.18. The van der Waals surface area contributed by atoms with Crippen LogP contribution in [0.15, 0.2) is 16.5 Å². The molecule has 0 spiro atoms. The van der Waals surface area contributed by atoms with Crippen LogP contribution in [-0.4, -0.2) is 40.4 Å². The molecule has 0 aliphatic heterocycles. The molecule has 1 rings (SSSR count). The average Bonchev–Trinajstić information content (AvgIpc) is 2.76. The molecule has 0 aliphatic carbocycles. The van der Waals surface area contributed by atoms with Crippen LogP contribution in [-0.2, 0) is 15.3 Å². The summed E-state index contributed by atoms with van der Waals surface area (Å²) >= 11 is 1.51. The molecule has 1 atom stereocenters. The molecule has 7 nitrogen and oxygen atoms in total. The van der Waals surface area contributed by atoms with Gasteiger partial charge in [-0.1, -0.05) is 0 Å². The molecule has 104 valence electrons. The van der Waals surface area contributed by atoms with Gasteiger partial charge in [-0.2, -0.15) is 11.8 Å². The summed E-state index contributed by atoms with van der Waals surface area (Å²) < 4.78 is 5.20. The van der Waals surface area contributed by atoms with Gasteiger partial charge in [0.25, 0.3) is 5.91 Å². The Bertz CT molecular complexity index is 483. The zero-order valence-corrected chi connectivity index (χ0v) is 10.9. The lowest BCUT2D eigenvalue weighted by Crippen LogP contribution is -2.42. The number of carboxylic acid groups (broad SMARTS) is 2. The predicted octanol–water partition coefficient (Wildman–Crippen LogP) is 0.800. The van der Waals surface area contributed by atoms with Crippen molar-refractivity contribution in [1.82, 2.24) is 5.32 Å². The van der Waals surface area contributed by atoms with E-state index in [1.165, 1.54) is 17.8 Å². The van der Waals surface area contributed by atoms with E-state index in [-0.39, 0.29) is 5.76 Å². The van der Waals surface area contributed by atoms with Gasteiger partial charge in [-0.15, -0.1) is 0 Å². The lowest BCUT2D eigenvalue weighted by Gasteiger charge is -2.10.